The molecule has 2 heterocycles. The maximum Gasteiger partial charge on any atom is 0.114 e. The van der Waals surface area contributed by atoms with E-state index >= 15 is 0 Å². The van der Waals surface area contributed by atoms with Gasteiger partial charge in [0.25, 0.3) is 0 Å². The lowest BCUT2D eigenvalue weighted by atomic mass is 10.4. The van der Waals surface area contributed by atoms with Gasteiger partial charge in [0.15, 0.2) is 0 Å². The van der Waals surface area contributed by atoms with Gasteiger partial charge in [0.1, 0.15) is 5.01 Å². The summed E-state index contributed by atoms with van der Waals surface area (Å²) in [5.74, 6) is 0. The standard InChI is InChI=1S/C10H14N4S/c1-8-7-15-10(12-8)6-14-4-3-9(13-14)5-11-2/h3-4,7,11H,5-6H2,1-2H3. The predicted molar refractivity (Wildman–Crippen MR) is 60.9 cm³/mol. The molecule has 0 saturated heterocycles. The SMILES string of the molecule is CNCc1ccn(Cc2nc(C)cs2)n1. The van der Waals surface area contributed by atoms with Crippen LogP contribution in [0.3, 0.4) is 0 Å². The van der Waals surface area contributed by atoms with Crippen molar-refractivity contribution in [3.05, 3.63) is 34.0 Å². The molecule has 0 spiro atoms. The van der Waals surface area contributed by atoms with Gasteiger partial charge in [-0.2, -0.15) is 5.10 Å². The first-order valence-corrected chi connectivity index (χ1v) is 5.74. The number of aryl methyl sites for hydroxylation is 1. The molecule has 0 aromatic carbocycles. The smallest absolute Gasteiger partial charge is 0.114 e. The zero-order valence-corrected chi connectivity index (χ0v) is 9.71. The fraction of sp³-hybridized carbons (Fsp3) is 0.400. The first kappa shape index (κ1) is 10.3. The number of thiazole rings is 1. The molecule has 0 aliphatic rings. The van der Waals surface area contributed by atoms with Crippen LogP contribution in [0.4, 0.5) is 0 Å². The van der Waals surface area contributed by atoms with Crippen molar-refractivity contribution in [3.63, 3.8) is 0 Å². The molecular weight excluding hydrogens is 208 g/mol. The van der Waals surface area contributed by atoms with Gasteiger partial charge in [0, 0.05) is 23.8 Å². The van der Waals surface area contributed by atoms with Crippen molar-refractivity contribution >= 4 is 11.3 Å². The van der Waals surface area contributed by atoms with Crippen molar-refractivity contribution in [2.45, 2.75) is 20.0 Å². The summed E-state index contributed by atoms with van der Waals surface area (Å²) >= 11 is 1.68. The molecule has 5 heteroatoms. The summed E-state index contributed by atoms with van der Waals surface area (Å²) in [6.07, 6.45) is 1.99. The molecule has 1 N–H and O–H groups in total. The molecule has 4 nitrogen and oxygen atoms in total. The molecule has 0 aliphatic heterocycles. The van der Waals surface area contributed by atoms with Crippen LogP contribution in [0.1, 0.15) is 16.4 Å². The van der Waals surface area contributed by atoms with Crippen molar-refractivity contribution < 1.29 is 0 Å². The molecule has 0 atom stereocenters. The fourth-order valence-electron chi connectivity index (χ4n) is 1.38. The van der Waals surface area contributed by atoms with Gasteiger partial charge in [0.2, 0.25) is 0 Å². The van der Waals surface area contributed by atoms with Crippen LogP contribution in [0.5, 0.6) is 0 Å². The number of aromatic nitrogens is 3. The Morgan fingerprint density at radius 2 is 2.40 bits per heavy atom. The van der Waals surface area contributed by atoms with Crippen LogP contribution in [-0.4, -0.2) is 21.8 Å². The second-order valence-corrected chi connectivity index (χ2v) is 4.36. The minimum absolute atomic E-state index is 0.766. The van der Waals surface area contributed by atoms with E-state index in [4.69, 9.17) is 0 Å². The number of hydrogen-bond acceptors (Lipinski definition) is 4. The molecule has 0 saturated carbocycles. The van der Waals surface area contributed by atoms with Crippen LogP contribution in [0.15, 0.2) is 17.6 Å². The summed E-state index contributed by atoms with van der Waals surface area (Å²) in [5, 5.41) is 10.7. The predicted octanol–water partition coefficient (Wildman–Crippen LogP) is 1.42. The lowest BCUT2D eigenvalue weighted by molar-refractivity contribution is 0.656. The monoisotopic (exact) mass is 222 g/mol. The Labute approximate surface area is 93.0 Å². The average molecular weight is 222 g/mol. The maximum absolute atomic E-state index is 4.43. The van der Waals surface area contributed by atoms with Gasteiger partial charge in [-0.15, -0.1) is 11.3 Å². The van der Waals surface area contributed by atoms with Crippen LogP contribution in [0.25, 0.3) is 0 Å². The van der Waals surface area contributed by atoms with Gasteiger partial charge in [0.05, 0.1) is 12.2 Å². The molecule has 15 heavy (non-hydrogen) atoms. The van der Waals surface area contributed by atoms with Gasteiger partial charge >= 0.3 is 0 Å². The first-order valence-electron chi connectivity index (χ1n) is 4.86. The first-order chi connectivity index (χ1) is 7.28. The highest BCUT2D eigenvalue weighted by molar-refractivity contribution is 7.09. The Hall–Kier alpha value is -1.20. The van der Waals surface area contributed by atoms with Crippen molar-refractivity contribution in [2.24, 2.45) is 0 Å². The lowest BCUT2D eigenvalue weighted by Crippen LogP contribution is -2.07. The summed E-state index contributed by atoms with van der Waals surface area (Å²) in [5.41, 5.74) is 2.14. The Morgan fingerprint density at radius 3 is 3.07 bits per heavy atom. The highest BCUT2D eigenvalue weighted by Gasteiger charge is 2.02. The minimum Gasteiger partial charge on any atom is -0.314 e. The third-order valence-corrected chi connectivity index (χ3v) is 2.97. The highest BCUT2D eigenvalue weighted by Crippen LogP contribution is 2.10. The molecule has 0 aliphatic carbocycles. The Kier molecular flexibility index (Phi) is 3.13. The zero-order valence-electron chi connectivity index (χ0n) is 8.90. The van der Waals surface area contributed by atoms with Crippen molar-refractivity contribution in [2.75, 3.05) is 7.05 Å². The highest BCUT2D eigenvalue weighted by atomic mass is 32.1. The van der Waals surface area contributed by atoms with Crippen LogP contribution in [0, 0.1) is 6.92 Å². The number of hydrogen-bond donors (Lipinski definition) is 1. The zero-order chi connectivity index (χ0) is 10.7. The van der Waals surface area contributed by atoms with Crippen molar-refractivity contribution in [1.29, 1.82) is 0 Å². The second-order valence-electron chi connectivity index (χ2n) is 3.42. The van der Waals surface area contributed by atoms with E-state index < -0.39 is 0 Å². The molecule has 2 aromatic heterocycles. The van der Waals surface area contributed by atoms with E-state index in [0.717, 1.165) is 29.5 Å². The molecule has 0 unspecified atom stereocenters. The second kappa shape index (κ2) is 4.55. The number of nitrogens with zero attached hydrogens (tertiary/aromatic N) is 3. The van der Waals surface area contributed by atoms with Gasteiger partial charge < -0.3 is 5.32 Å². The van der Waals surface area contributed by atoms with Crippen molar-refractivity contribution in [1.82, 2.24) is 20.1 Å². The van der Waals surface area contributed by atoms with E-state index in [-0.39, 0.29) is 0 Å². The molecule has 80 valence electrons. The van der Waals surface area contributed by atoms with Crippen LogP contribution in [0.2, 0.25) is 0 Å². The van der Waals surface area contributed by atoms with E-state index in [1.165, 1.54) is 0 Å². The minimum atomic E-state index is 0.766. The van der Waals surface area contributed by atoms with Gasteiger partial charge in [-0.1, -0.05) is 0 Å². The van der Waals surface area contributed by atoms with Crippen LogP contribution >= 0.6 is 11.3 Å². The van der Waals surface area contributed by atoms with Crippen molar-refractivity contribution in [3.8, 4) is 0 Å². The largest absolute Gasteiger partial charge is 0.314 e. The third kappa shape index (κ3) is 2.64. The van der Waals surface area contributed by atoms with E-state index in [1.807, 2.05) is 30.9 Å². The summed E-state index contributed by atoms with van der Waals surface area (Å²) in [6.45, 7) is 3.58. The molecule has 0 radical (unpaired) electrons. The van der Waals surface area contributed by atoms with Crippen LogP contribution in [-0.2, 0) is 13.1 Å². The van der Waals surface area contributed by atoms with E-state index in [2.05, 4.69) is 20.8 Å². The summed E-state index contributed by atoms with van der Waals surface area (Å²) in [6, 6.07) is 2.02. The van der Waals surface area contributed by atoms with E-state index in [0.29, 0.717) is 0 Å². The Morgan fingerprint density at radius 1 is 1.53 bits per heavy atom. The molecule has 0 bridgehead atoms. The molecule has 2 rings (SSSR count). The maximum atomic E-state index is 4.43. The third-order valence-electron chi connectivity index (χ3n) is 2.02. The lowest BCUT2D eigenvalue weighted by Gasteiger charge is -1.97. The van der Waals surface area contributed by atoms with Gasteiger partial charge in [-0.05, 0) is 20.0 Å². The van der Waals surface area contributed by atoms with Gasteiger partial charge in [-0.3, -0.25) is 4.68 Å². The van der Waals surface area contributed by atoms with Crippen LogP contribution < -0.4 is 5.32 Å². The summed E-state index contributed by atoms with van der Waals surface area (Å²) < 4.78 is 1.92. The van der Waals surface area contributed by atoms with E-state index in [1.54, 1.807) is 11.3 Å². The quantitative estimate of drug-likeness (QED) is 0.850. The summed E-state index contributed by atoms with van der Waals surface area (Å²) in [4.78, 5) is 4.40. The number of rotatable bonds is 4. The average Bonchev–Trinajstić information content (AvgIpc) is 2.78. The molecule has 0 fully saturated rings. The Balaban J connectivity index is 2.04. The number of nitrogens with one attached hydrogen (secondary N) is 1. The summed E-state index contributed by atoms with van der Waals surface area (Å²) in [7, 11) is 1.92. The van der Waals surface area contributed by atoms with Gasteiger partial charge in [-0.25, -0.2) is 4.98 Å². The topological polar surface area (TPSA) is 42.7 Å². The molecular formula is C10H14N4S. The fourth-order valence-corrected chi connectivity index (χ4v) is 2.14. The molecule has 0 amide bonds. The molecule has 2 aromatic rings. The van der Waals surface area contributed by atoms with E-state index in [9.17, 15) is 0 Å². The normalized spacial score (nSPS) is 10.8. The Bertz CT molecular complexity index is 432.